The monoisotopic (exact) mass is 248 g/mol. The van der Waals surface area contributed by atoms with E-state index in [0.29, 0.717) is 24.7 Å². The van der Waals surface area contributed by atoms with Crippen molar-refractivity contribution in [2.75, 3.05) is 19.3 Å². The van der Waals surface area contributed by atoms with Gasteiger partial charge in [-0.15, -0.1) is 0 Å². The van der Waals surface area contributed by atoms with Crippen LogP contribution in [0.15, 0.2) is 4.52 Å². The van der Waals surface area contributed by atoms with E-state index in [-0.39, 0.29) is 12.3 Å². The molecule has 0 saturated carbocycles. The molecular formula is C8H16N4O3S. The summed E-state index contributed by atoms with van der Waals surface area (Å²) >= 11 is 0. The Kier molecular flexibility index (Phi) is 4.84. The summed E-state index contributed by atoms with van der Waals surface area (Å²) in [5.74, 6) is 0.851. The van der Waals surface area contributed by atoms with Crippen LogP contribution in [-0.2, 0) is 16.6 Å². The topological polar surface area (TPSA) is 97.1 Å². The maximum Gasteiger partial charge on any atom is 0.223 e. The second-order valence-electron chi connectivity index (χ2n) is 3.33. The van der Waals surface area contributed by atoms with Gasteiger partial charge in [-0.1, -0.05) is 5.16 Å². The van der Waals surface area contributed by atoms with Gasteiger partial charge in [0, 0.05) is 6.92 Å². The van der Waals surface area contributed by atoms with Crippen LogP contribution in [0.5, 0.6) is 0 Å². The summed E-state index contributed by atoms with van der Waals surface area (Å²) in [7, 11) is -1.47. The molecule has 0 aliphatic heterocycles. The van der Waals surface area contributed by atoms with Crippen LogP contribution in [-0.4, -0.2) is 37.9 Å². The molecule has 1 rings (SSSR count). The fourth-order valence-electron chi connectivity index (χ4n) is 1.10. The number of sulfonamides is 1. The number of hydrogen-bond acceptors (Lipinski definition) is 6. The van der Waals surface area contributed by atoms with E-state index in [1.165, 1.54) is 0 Å². The number of nitrogens with zero attached hydrogens (tertiary/aromatic N) is 2. The second-order valence-corrected chi connectivity index (χ2v) is 5.25. The molecule has 0 bridgehead atoms. The minimum absolute atomic E-state index is 0.0687. The van der Waals surface area contributed by atoms with Gasteiger partial charge in [-0.2, -0.15) is 4.98 Å². The van der Waals surface area contributed by atoms with E-state index in [1.807, 2.05) is 0 Å². The highest BCUT2D eigenvalue weighted by atomic mass is 32.2. The molecule has 1 aromatic heterocycles. The summed E-state index contributed by atoms with van der Waals surface area (Å²) < 4.78 is 30.1. The first kappa shape index (κ1) is 13.1. The molecule has 8 heteroatoms. The van der Waals surface area contributed by atoms with Crippen LogP contribution < -0.4 is 10.0 Å². The minimum Gasteiger partial charge on any atom is -0.340 e. The molecule has 7 nitrogen and oxygen atoms in total. The van der Waals surface area contributed by atoms with Crippen LogP contribution in [0.4, 0.5) is 0 Å². The Morgan fingerprint density at radius 1 is 1.44 bits per heavy atom. The Hall–Kier alpha value is -0.990. The summed E-state index contributed by atoms with van der Waals surface area (Å²) in [4.78, 5) is 3.89. The SMILES string of the molecule is CNCCCS(=O)(=O)NCc1noc(C)n1. The maximum atomic E-state index is 11.5. The highest BCUT2D eigenvalue weighted by Gasteiger charge is 2.11. The Balaban J connectivity index is 2.36. The van der Waals surface area contributed by atoms with Gasteiger partial charge in [-0.3, -0.25) is 0 Å². The van der Waals surface area contributed by atoms with Crippen molar-refractivity contribution in [1.29, 1.82) is 0 Å². The molecular weight excluding hydrogens is 232 g/mol. The van der Waals surface area contributed by atoms with Crippen LogP contribution in [0.1, 0.15) is 18.1 Å². The van der Waals surface area contributed by atoms with Crippen molar-refractivity contribution in [3.63, 3.8) is 0 Å². The molecule has 16 heavy (non-hydrogen) atoms. The lowest BCUT2D eigenvalue weighted by Gasteiger charge is -2.03. The summed E-state index contributed by atoms with van der Waals surface area (Å²) in [6.45, 7) is 2.39. The van der Waals surface area contributed by atoms with Gasteiger partial charge in [-0.25, -0.2) is 13.1 Å². The molecule has 0 aliphatic carbocycles. The van der Waals surface area contributed by atoms with Gasteiger partial charge in [0.25, 0.3) is 0 Å². The molecule has 92 valence electrons. The zero-order valence-electron chi connectivity index (χ0n) is 9.36. The van der Waals surface area contributed by atoms with Crippen molar-refractivity contribution in [3.05, 3.63) is 11.7 Å². The second kappa shape index (κ2) is 5.92. The molecule has 0 radical (unpaired) electrons. The standard InChI is InChI=1S/C8H16N4O3S/c1-7-11-8(12-15-7)6-10-16(13,14)5-3-4-9-2/h9-10H,3-6H2,1-2H3. The molecule has 0 atom stereocenters. The van der Waals surface area contributed by atoms with Gasteiger partial charge in [-0.05, 0) is 20.0 Å². The van der Waals surface area contributed by atoms with Gasteiger partial charge < -0.3 is 9.84 Å². The predicted molar refractivity (Wildman–Crippen MR) is 58.2 cm³/mol. The number of rotatable bonds is 7. The van der Waals surface area contributed by atoms with Gasteiger partial charge in [0.05, 0.1) is 12.3 Å². The molecule has 0 aromatic carbocycles. The van der Waals surface area contributed by atoms with Crippen molar-refractivity contribution < 1.29 is 12.9 Å². The lowest BCUT2D eigenvalue weighted by atomic mass is 10.5. The first-order chi connectivity index (χ1) is 7.53. The third-order valence-electron chi connectivity index (χ3n) is 1.86. The smallest absolute Gasteiger partial charge is 0.223 e. The zero-order valence-corrected chi connectivity index (χ0v) is 10.2. The molecule has 0 spiro atoms. The quantitative estimate of drug-likeness (QED) is 0.626. The number of aryl methyl sites for hydroxylation is 1. The van der Waals surface area contributed by atoms with E-state index in [4.69, 9.17) is 4.52 Å². The molecule has 0 unspecified atom stereocenters. The van der Waals surface area contributed by atoms with E-state index >= 15 is 0 Å². The van der Waals surface area contributed by atoms with Crippen molar-refractivity contribution in [1.82, 2.24) is 20.2 Å². The first-order valence-electron chi connectivity index (χ1n) is 4.94. The van der Waals surface area contributed by atoms with Crippen molar-refractivity contribution in [3.8, 4) is 0 Å². The lowest BCUT2D eigenvalue weighted by molar-refractivity contribution is 0.387. The summed E-state index contributed by atoms with van der Waals surface area (Å²) in [5, 5.41) is 6.48. The number of hydrogen-bond donors (Lipinski definition) is 2. The molecule has 0 amide bonds. The van der Waals surface area contributed by atoms with Crippen molar-refractivity contribution in [2.24, 2.45) is 0 Å². The molecule has 1 aromatic rings. The first-order valence-corrected chi connectivity index (χ1v) is 6.60. The van der Waals surface area contributed by atoms with Gasteiger partial charge in [0.15, 0.2) is 5.82 Å². The fourth-order valence-corrected chi connectivity index (χ4v) is 2.12. The Morgan fingerprint density at radius 3 is 2.75 bits per heavy atom. The Morgan fingerprint density at radius 2 is 2.19 bits per heavy atom. The van der Waals surface area contributed by atoms with E-state index < -0.39 is 10.0 Å². The van der Waals surface area contributed by atoms with Crippen LogP contribution in [0.2, 0.25) is 0 Å². The highest BCUT2D eigenvalue weighted by molar-refractivity contribution is 7.89. The van der Waals surface area contributed by atoms with E-state index in [1.54, 1.807) is 14.0 Å². The molecule has 0 fully saturated rings. The average Bonchev–Trinajstić information content (AvgIpc) is 2.62. The van der Waals surface area contributed by atoms with Crippen LogP contribution in [0, 0.1) is 6.92 Å². The highest BCUT2D eigenvalue weighted by Crippen LogP contribution is 1.96. The van der Waals surface area contributed by atoms with Crippen LogP contribution >= 0.6 is 0 Å². The van der Waals surface area contributed by atoms with E-state index in [9.17, 15) is 8.42 Å². The van der Waals surface area contributed by atoms with Crippen molar-refractivity contribution in [2.45, 2.75) is 19.9 Å². The normalized spacial score (nSPS) is 11.9. The van der Waals surface area contributed by atoms with Crippen LogP contribution in [0.3, 0.4) is 0 Å². The van der Waals surface area contributed by atoms with E-state index in [0.717, 1.165) is 0 Å². The summed E-state index contributed by atoms with van der Waals surface area (Å²) in [5.41, 5.74) is 0. The molecule has 1 heterocycles. The number of nitrogens with one attached hydrogen (secondary N) is 2. The lowest BCUT2D eigenvalue weighted by Crippen LogP contribution is -2.27. The predicted octanol–water partition coefficient (Wildman–Crippen LogP) is -0.593. The largest absolute Gasteiger partial charge is 0.340 e. The summed E-state index contributed by atoms with van der Waals surface area (Å²) in [6.07, 6.45) is 0.567. The van der Waals surface area contributed by atoms with Gasteiger partial charge >= 0.3 is 0 Å². The minimum atomic E-state index is -3.25. The van der Waals surface area contributed by atoms with Gasteiger partial charge in [0.2, 0.25) is 15.9 Å². The molecule has 2 N–H and O–H groups in total. The fraction of sp³-hybridized carbons (Fsp3) is 0.750. The average molecular weight is 248 g/mol. The van der Waals surface area contributed by atoms with Crippen LogP contribution in [0.25, 0.3) is 0 Å². The molecule has 0 saturated heterocycles. The third kappa shape index (κ3) is 4.69. The maximum absolute atomic E-state index is 11.5. The third-order valence-corrected chi connectivity index (χ3v) is 3.27. The zero-order chi connectivity index (χ0) is 12.0. The van der Waals surface area contributed by atoms with Gasteiger partial charge in [0.1, 0.15) is 0 Å². The number of aromatic nitrogens is 2. The van der Waals surface area contributed by atoms with E-state index in [2.05, 4.69) is 20.2 Å². The Bertz CT molecular complexity index is 415. The summed E-state index contributed by atoms with van der Waals surface area (Å²) in [6, 6.07) is 0. The van der Waals surface area contributed by atoms with Crippen molar-refractivity contribution >= 4 is 10.0 Å². The Labute approximate surface area is 94.7 Å². The molecule has 0 aliphatic rings.